The summed E-state index contributed by atoms with van der Waals surface area (Å²) in [5.74, 6) is -0.619. The predicted molar refractivity (Wildman–Crippen MR) is 63.3 cm³/mol. The molecule has 0 saturated heterocycles. The number of carbonyl (C=O) groups excluding carboxylic acids is 1. The van der Waals surface area contributed by atoms with Gasteiger partial charge in [0.1, 0.15) is 0 Å². The van der Waals surface area contributed by atoms with Crippen LogP contribution in [0.1, 0.15) is 20.8 Å². The van der Waals surface area contributed by atoms with Crippen LogP contribution in [-0.2, 0) is 23.1 Å². The molecule has 0 spiro atoms. The number of carbonyl (C=O) groups is 1. The van der Waals surface area contributed by atoms with E-state index in [9.17, 15) is 9.00 Å². The van der Waals surface area contributed by atoms with Crippen molar-refractivity contribution in [2.45, 2.75) is 34.1 Å². The first-order chi connectivity index (χ1) is 7.03. The molecule has 0 saturated carbocycles. The molecule has 0 aliphatic carbocycles. The molecule has 0 aromatic rings. The van der Waals surface area contributed by atoms with E-state index in [-0.39, 0.29) is 5.75 Å². The molecule has 0 aliphatic heterocycles. The number of hydrogen-bond donors (Lipinski definition) is 0. The Balaban J connectivity index is 4.29. The summed E-state index contributed by atoms with van der Waals surface area (Å²) in [6, 6.07) is 0. The molecule has 90 valence electrons. The van der Waals surface area contributed by atoms with Gasteiger partial charge in [0.25, 0.3) is 0 Å². The maximum absolute atomic E-state index is 11.5. The van der Waals surface area contributed by atoms with Crippen molar-refractivity contribution in [3.8, 4) is 0 Å². The van der Waals surface area contributed by atoms with Gasteiger partial charge in [-0.3, -0.25) is 0 Å². The summed E-state index contributed by atoms with van der Waals surface area (Å²) in [5, 5.41) is 0. The Morgan fingerprint density at radius 1 is 1.20 bits per heavy atom. The summed E-state index contributed by atoms with van der Waals surface area (Å²) < 4.78 is 24.6. The predicted octanol–water partition coefficient (Wildman–Crippen LogP) is 1.84. The van der Waals surface area contributed by atoms with Gasteiger partial charge in [0.15, 0.2) is 0 Å². The van der Waals surface area contributed by atoms with Gasteiger partial charge in [0.2, 0.25) is 0 Å². The van der Waals surface area contributed by atoms with Crippen molar-refractivity contribution in [1.29, 1.82) is 0 Å². The van der Waals surface area contributed by atoms with Crippen molar-refractivity contribution in [2.75, 3.05) is 12.9 Å². The molecular weight excluding hydrogens is 323 g/mol. The molecule has 0 aliphatic rings. The van der Waals surface area contributed by atoms with Crippen molar-refractivity contribution < 1.29 is 16.3 Å². The zero-order valence-corrected chi connectivity index (χ0v) is 13.5. The molecular formula is C9H20O4SSn. The van der Waals surface area contributed by atoms with E-state index in [0.29, 0.717) is 0 Å². The van der Waals surface area contributed by atoms with Crippen molar-refractivity contribution in [2.24, 2.45) is 0 Å². The normalized spacial score (nSPS) is 13.6. The third kappa shape index (κ3) is 5.31. The summed E-state index contributed by atoms with van der Waals surface area (Å²) in [6.07, 6.45) is 0. The SMILES string of the molecule is C[CH2][Sn]([CH2]C)([CH2]C)[O]S(=O)CC(=O)OC. The van der Waals surface area contributed by atoms with E-state index in [1.54, 1.807) is 0 Å². The zero-order chi connectivity index (χ0) is 11.9. The van der Waals surface area contributed by atoms with Crippen molar-refractivity contribution in [1.82, 2.24) is 0 Å². The van der Waals surface area contributed by atoms with E-state index < -0.39 is 35.8 Å². The van der Waals surface area contributed by atoms with Crippen LogP contribution in [0.3, 0.4) is 0 Å². The van der Waals surface area contributed by atoms with Crippen LogP contribution in [0, 0.1) is 0 Å². The van der Waals surface area contributed by atoms with Gasteiger partial charge in [-0.1, -0.05) is 0 Å². The molecule has 1 atom stereocenters. The van der Waals surface area contributed by atoms with Gasteiger partial charge in [0.05, 0.1) is 0 Å². The van der Waals surface area contributed by atoms with E-state index in [4.69, 9.17) is 2.52 Å². The first-order valence-corrected chi connectivity index (χ1v) is 13.6. The quantitative estimate of drug-likeness (QED) is 0.523. The number of hydrogen-bond acceptors (Lipinski definition) is 4. The molecule has 15 heavy (non-hydrogen) atoms. The summed E-state index contributed by atoms with van der Waals surface area (Å²) in [6.45, 7) is 6.25. The second kappa shape index (κ2) is 7.62. The molecule has 0 aromatic carbocycles. The van der Waals surface area contributed by atoms with Crippen LogP contribution in [0.2, 0.25) is 13.3 Å². The van der Waals surface area contributed by atoms with Gasteiger partial charge in [-0.15, -0.1) is 0 Å². The van der Waals surface area contributed by atoms with Crippen LogP contribution in [0.25, 0.3) is 0 Å². The molecule has 0 rings (SSSR count). The Morgan fingerprint density at radius 2 is 1.67 bits per heavy atom. The van der Waals surface area contributed by atoms with Crippen LogP contribution in [-0.4, -0.2) is 41.8 Å². The van der Waals surface area contributed by atoms with Gasteiger partial charge in [0, 0.05) is 0 Å². The van der Waals surface area contributed by atoms with Gasteiger partial charge >= 0.3 is 99.0 Å². The van der Waals surface area contributed by atoms with Gasteiger partial charge in [-0.05, 0) is 0 Å². The second-order valence-corrected chi connectivity index (χ2v) is 18.6. The van der Waals surface area contributed by atoms with Crippen molar-refractivity contribution in [3.63, 3.8) is 0 Å². The van der Waals surface area contributed by atoms with Gasteiger partial charge in [-0.2, -0.15) is 0 Å². The number of methoxy groups -OCH3 is 1. The minimum atomic E-state index is -2.63. The van der Waals surface area contributed by atoms with E-state index in [1.165, 1.54) is 7.11 Å². The molecule has 0 radical (unpaired) electrons. The summed E-state index contributed by atoms with van der Waals surface area (Å²) in [4.78, 5) is 10.9. The molecule has 0 N–H and O–H groups in total. The molecule has 6 heteroatoms. The van der Waals surface area contributed by atoms with Crippen LogP contribution in [0.4, 0.5) is 0 Å². The standard InChI is InChI=1S/C3H6O4S.3C2H5.Sn/c1-7-3(4)2-8(5)6;3*1-2;/h2H2,1H3,(H,5,6);3*1H2,2H3;/q;;;;+1/p-1. The Bertz CT molecular complexity index is 220. The zero-order valence-electron chi connectivity index (χ0n) is 9.87. The third-order valence-corrected chi connectivity index (χ3v) is 19.3. The summed E-state index contributed by atoms with van der Waals surface area (Å²) in [7, 11) is 1.29. The Morgan fingerprint density at radius 3 is 2.00 bits per heavy atom. The average Bonchev–Trinajstić information content (AvgIpc) is 2.26. The number of ether oxygens (including phenoxy) is 1. The second-order valence-electron chi connectivity index (χ2n) is 3.35. The Kier molecular flexibility index (Phi) is 7.81. The molecule has 0 bridgehead atoms. The van der Waals surface area contributed by atoms with Gasteiger partial charge < -0.3 is 0 Å². The summed E-state index contributed by atoms with van der Waals surface area (Å²) >= 11 is -4.13. The molecule has 1 unspecified atom stereocenters. The third-order valence-electron chi connectivity index (χ3n) is 2.67. The number of esters is 1. The van der Waals surface area contributed by atoms with Crippen LogP contribution in [0.5, 0.6) is 0 Å². The monoisotopic (exact) mass is 344 g/mol. The van der Waals surface area contributed by atoms with E-state index >= 15 is 0 Å². The first kappa shape index (κ1) is 15.4. The van der Waals surface area contributed by atoms with E-state index in [0.717, 1.165) is 13.3 Å². The van der Waals surface area contributed by atoms with Crippen LogP contribution < -0.4 is 0 Å². The fraction of sp³-hybridized carbons (Fsp3) is 0.889. The fourth-order valence-electron chi connectivity index (χ4n) is 1.31. The molecule has 4 nitrogen and oxygen atoms in total. The topological polar surface area (TPSA) is 52.6 Å². The maximum atomic E-state index is 11.5. The van der Waals surface area contributed by atoms with E-state index in [2.05, 4.69) is 25.5 Å². The summed E-state index contributed by atoms with van der Waals surface area (Å²) in [5.41, 5.74) is 0. The molecule has 0 amide bonds. The Labute approximate surface area is 98.8 Å². The van der Waals surface area contributed by atoms with Crippen molar-refractivity contribution >= 4 is 35.8 Å². The van der Waals surface area contributed by atoms with Crippen LogP contribution >= 0.6 is 0 Å². The molecule has 0 fully saturated rings. The van der Waals surface area contributed by atoms with Gasteiger partial charge in [-0.25, -0.2) is 0 Å². The average molecular weight is 343 g/mol. The Hall–Kier alpha value is 0.379. The number of rotatable bonds is 7. The first-order valence-electron chi connectivity index (χ1n) is 5.18. The molecule has 0 heterocycles. The molecule has 0 aromatic heterocycles. The fourth-order valence-corrected chi connectivity index (χ4v) is 13.6. The van der Waals surface area contributed by atoms with Crippen molar-refractivity contribution in [3.05, 3.63) is 0 Å². The van der Waals surface area contributed by atoms with E-state index in [1.807, 2.05) is 0 Å². The van der Waals surface area contributed by atoms with Crippen LogP contribution in [0.15, 0.2) is 0 Å². The minimum absolute atomic E-state index is 0.144.